The molecule has 38 atom stereocenters. The number of rotatable bonds is 18. The molecule has 12 rings (SSSR count). The number of ether oxygens (including phenoxy) is 13. The molecule has 32 heteroatoms. The van der Waals surface area contributed by atoms with Gasteiger partial charge < -0.3 is 143 Å². The Bertz CT molecular complexity index is 3340. The molecule has 6 saturated heterocycles. The van der Waals surface area contributed by atoms with Gasteiger partial charge in [-0.2, -0.15) is 0 Å². The fraction of sp³-hybridized carbons (Fsp3) is 0.824. The molecule has 0 amide bonds. The van der Waals surface area contributed by atoms with Gasteiger partial charge >= 0.3 is 17.9 Å². The Morgan fingerprint density at radius 3 is 1.69 bits per heavy atom. The highest BCUT2D eigenvalue weighted by atomic mass is 16.8. The van der Waals surface area contributed by atoms with Crippen molar-refractivity contribution in [3.63, 3.8) is 0 Å². The minimum Gasteiger partial charge on any atom is -0.479 e. The van der Waals surface area contributed by atoms with E-state index in [1.807, 2.05) is 58.0 Å². The third kappa shape index (κ3) is 13.3. The van der Waals surface area contributed by atoms with Crippen LogP contribution in [0.2, 0.25) is 0 Å². The maximum Gasteiger partial charge on any atom is 0.335 e. The summed E-state index contributed by atoms with van der Waals surface area (Å²) in [6, 6.07) is 9.10. The van der Waals surface area contributed by atoms with Crippen LogP contribution >= 0.6 is 0 Å². The Balaban J connectivity index is 0.856. The van der Waals surface area contributed by atoms with E-state index in [1.54, 1.807) is 26.0 Å². The van der Waals surface area contributed by atoms with Gasteiger partial charge in [0.15, 0.2) is 49.9 Å². The molecule has 1 aromatic rings. The second-order valence-corrected chi connectivity index (χ2v) is 33.6. The number of hydrogen-bond donors (Lipinski definition) is 16. The smallest absolute Gasteiger partial charge is 0.335 e. The van der Waals surface area contributed by atoms with E-state index in [9.17, 15) is 96.1 Å². The molecule has 11 aliphatic rings. The summed E-state index contributed by atoms with van der Waals surface area (Å²) >= 11 is 0. The third-order valence-corrected chi connectivity index (χ3v) is 27.3. The number of aliphatic hydroxyl groups excluding tert-OH is 15. The van der Waals surface area contributed by atoms with Gasteiger partial charge in [-0.25, -0.2) is 14.4 Å². The van der Waals surface area contributed by atoms with Gasteiger partial charge in [0.05, 0.1) is 48.6 Å². The summed E-state index contributed by atoms with van der Waals surface area (Å²) in [6.45, 7) is 18.5. The first-order chi connectivity index (χ1) is 49.7. The van der Waals surface area contributed by atoms with Gasteiger partial charge in [-0.15, -0.1) is 0 Å². The number of benzene rings is 1. The van der Waals surface area contributed by atoms with Gasteiger partial charge in [-0.05, 0) is 119 Å². The average molecular weight is 1510 g/mol. The Morgan fingerprint density at radius 2 is 1.07 bits per heavy atom. The van der Waals surface area contributed by atoms with Crippen molar-refractivity contribution in [1.82, 2.24) is 0 Å². The summed E-state index contributed by atoms with van der Waals surface area (Å²) in [5, 5.41) is 182. The first kappa shape index (κ1) is 81.6. The number of carboxylic acid groups (broad SMARTS) is 1. The second-order valence-electron chi connectivity index (χ2n) is 33.6. The molecular weight excluding hydrogens is 1400 g/mol. The highest BCUT2D eigenvalue weighted by Crippen LogP contribution is 2.82. The van der Waals surface area contributed by atoms with Crippen molar-refractivity contribution < 1.29 is 158 Å². The summed E-state index contributed by atoms with van der Waals surface area (Å²) < 4.78 is 82.1. The number of hydrogen-bond acceptors (Lipinski definition) is 31. The van der Waals surface area contributed by atoms with Crippen LogP contribution in [0.1, 0.15) is 133 Å². The van der Waals surface area contributed by atoms with Gasteiger partial charge in [0, 0.05) is 28.4 Å². The number of aliphatic hydroxyl groups is 15. The van der Waals surface area contributed by atoms with Gasteiger partial charge in [-0.1, -0.05) is 84.9 Å². The van der Waals surface area contributed by atoms with Crippen molar-refractivity contribution in [3.8, 4) is 0 Å². The normalized spacial score (nSPS) is 51.3. The van der Waals surface area contributed by atoms with Crippen LogP contribution in [0.3, 0.4) is 0 Å². The van der Waals surface area contributed by atoms with Gasteiger partial charge in [0.25, 0.3) is 0 Å². The number of carboxylic acids is 1. The van der Waals surface area contributed by atoms with Crippen molar-refractivity contribution in [2.45, 2.75) is 317 Å². The molecule has 2 bridgehead atoms. The van der Waals surface area contributed by atoms with Crippen LogP contribution < -0.4 is 0 Å². The van der Waals surface area contributed by atoms with E-state index in [2.05, 4.69) is 20.8 Å². The van der Waals surface area contributed by atoms with E-state index < -0.39 is 259 Å². The summed E-state index contributed by atoms with van der Waals surface area (Å²) in [4.78, 5) is 41.7. The van der Waals surface area contributed by atoms with Gasteiger partial charge in [-0.3, -0.25) is 0 Å². The zero-order valence-corrected chi connectivity index (χ0v) is 61.4. The number of allylic oxidation sites excluding steroid dienone is 1. The zero-order chi connectivity index (χ0) is 77.4. The van der Waals surface area contributed by atoms with Crippen LogP contribution in [0.4, 0.5) is 0 Å². The Kier molecular flexibility index (Phi) is 23.2. The summed E-state index contributed by atoms with van der Waals surface area (Å²) in [7, 11) is 0. The molecule has 106 heavy (non-hydrogen) atoms. The van der Waals surface area contributed by atoms with Crippen molar-refractivity contribution >= 4 is 24.0 Å². The molecule has 11 fully saturated rings. The van der Waals surface area contributed by atoms with Gasteiger partial charge in [0.1, 0.15) is 110 Å². The third-order valence-electron chi connectivity index (χ3n) is 27.3. The van der Waals surface area contributed by atoms with E-state index in [0.717, 1.165) is 0 Å². The predicted octanol–water partition coefficient (Wildman–Crippen LogP) is -1.34. The van der Waals surface area contributed by atoms with Crippen LogP contribution in [-0.2, 0) is 76.0 Å². The van der Waals surface area contributed by atoms with E-state index in [4.69, 9.17) is 61.6 Å². The monoisotopic (exact) mass is 1510 g/mol. The van der Waals surface area contributed by atoms with E-state index in [1.165, 1.54) is 19.9 Å². The summed E-state index contributed by atoms with van der Waals surface area (Å²) in [5.41, 5.74) is -5.73. The van der Waals surface area contributed by atoms with Crippen LogP contribution in [0.15, 0.2) is 48.1 Å². The largest absolute Gasteiger partial charge is 0.479 e. The minimum atomic E-state index is -2.38. The Morgan fingerprint density at radius 1 is 0.538 bits per heavy atom. The lowest BCUT2D eigenvalue weighted by Crippen LogP contribution is -2.77. The number of carbonyl (C=O) groups is 3. The Labute approximate surface area is 613 Å². The maximum atomic E-state index is 14.3. The highest BCUT2D eigenvalue weighted by Gasteiger charge is 2.86. The van der Waals surface area contributed by atoms with Crippen molar-refractivity contribution in [2.24, 2.45) is 50.2 Å². The molecule has 0 aromatic heterocycles. The molecule has 598 valence electrons. The van der Waals surface area contributed by atoms with Crippen molar-refractivity contribution in [3.05, 3.63) is 53.6 Å². The van der Waals surface area contributed by atoms with E-state index in [0.29, 0.717) is 49.7 Å². The number of aliphatic carboxylic acids is 1. The fourth-order valence-electron chi connectivity index (χ4n) is 21.2. The fourth-order valence-corrected chi connectivity index (χ4v) is 21.2. The molecule has 32 nitrogen and oxygen atoms in total. The van der Waals surface area contributed by atoms with Crippen molar-refractivity contribution in [1.29, 1.82) is 0 Å². The lowest BCUT2D eigenvalue weighted by molar-refractivity contribution is -0.412. The molecule has 6 aliphatic heterocycles. The summed E-state index contributed by atoms with van der Waals surface area (Å²) in [6.07, 6.45) is -47.3. The van der Waals surface area contributed by atoms with Crippen LogP contribution in [0.25, 0.3) is 6.08 Å². The quantitative estimate of drug-likeness (QED) is 0.0460. The second kappa shape index (κ2) is 30.2. The molecule has 6 heterocycles. The molecule has 0 radical (unpaired) electrons. The van der Waals surface area contributed by atoms with Gasteiger partial charge in [0.2, 0.25) is 0 Å². The van der Waals surface area contributed by atoms with Crippen LogP contribution in [-0.4, -0.2) is 303 Å². The Hall–Kier alpha value is -3.93. The van der Waals surface area contributed by atoms with Crippen LogP contribution in [0, 0.1) is 50.2 Å². The number of carbonyl (C=O) groups excluding carboxylic acids is 2. The molecule has 5 saturated carbocycles. The average Bonchev–Trinajstić information content (AvgIpc) is 1.39. The molecule has 1 spiro atoms. The predicted molar refractivity (Wildman–Crippen MR) is 359 cm³/mol. The molecular formula is C74H110O32. The molecule has 16 N–H and O–H groups in total. The SMILES string of the molecule is C/C=C(/C)C(=O)O[C@H]1[C@H](OC(=O)/C=C\c2ccccc2)[C@]23C(O)O[C@@]4(CC[C@@H]5[C@@]6(C)CC[C@H](O[C@@H]7O[C@H](C(=O)O)[C@@H](O)[C@H](O[C@@H]8O[C@H](CO)[C@H](O)[C@H](O)[C@H]8O[C@@H]8O[C@@H](C)[C@H](O)[C@@H](O)[C@H]8O[C@@H]8O[C@@H](C)[C@H](O)[C@@H](O)[C@H]8O)[C@H]7O[C@@H]7O[C@H](CO)[C@H](O)[C@H](O)[C@H]7O)C(C)(C)[C@@H]6CC[C@@]5(C)[C@]4(C)C[C@H]2O)[C@@H]3CC1(C)C. The maximum absolute atomic E-state index is 14.3. The number of esters is 2. The van der Waals surface area contributed by atoms with Crippen molar-refractivity contribution in [2.75, 3.05) is 13.2 Å². The van der Waals surface area contributed by atoms with Crippen LogP contribution in [0.5, 0.6) is 0 Å². The lowest BCUT2D eigenvalue weighted by Gasteiger charge is -2.75. The molecule has 1 unspecified atom stereocenters. The zero-order valence-electron chi connectivity index (χ0n) is 61.4. The van der Waals surface area contributed by atoms with E-state index >= 15 is 0 Å². The first-order valence-electron chi connectivity index (χ1n) is 37.0. The minimum absolute atomic E-state index is 0.0915. The molecule has 5 aliphatic carbocycles. The lowest BCUT2D eigenvalue weighted by atomic mass is 9.30. The number of fused-ring (bicyclic) bond motifs is 4. The van der Waals surface area contributed by atoms with E-state index in [-0.39, 0.29) is 24.7 Å². The standard InChI is InChI=1S/C74H110O32/c1-12-30(2)61(92)105-58-59(99-41(78)19-18-33-16-14-13-15-17-33)74-38(26-68(58,5)6)73(106-67(74)93)25-21-37-70(9)23-22-40(69(7,8)36(70)20-24-71(37,10)72(73,11)27-39(74)77)98-66-57(104-63-51(88)47(84)44(81)34(28-75)96-63)53(52(89)54(101-66)60(90)91)100-65-56(49(86)45(82)35(29-76)97-65)103-64-55(48(85)43(80)32(4)95-64)102-62-50(87)46(83)42(79)31(3)94-62/h12-19,31-32,34-40,42-59,62-67,75-77,79-89,93H,20-29H2,1-11H3,(H,90,91)/b19-18-,30-12-/t31-,32-,34+,35+,36-,37+,38-,39+,40-,42-,43-,44-,45-,46+,47-,48+,49-,50+,51+,52-,53-,54-,55+,56+,57+,58-,59-,62-,63-,64-,65-,66+,67?,70-,71+,72-,73-,74+/m0/s1. The summed E-state index contributed by atoms with van der Waals surface area (Å²) in [5.74, 6) is -4.20. The topological polar surface area (TPSA) is 495 Å². The first-order valence-corrected chi connectivity index (χ1v) is 37.0. The highest BCUT2D eigenvalue weighted by molar-refractivity contribution is 5.88. The molecule has 1 aromatic carbocycles.